The number of rotatable bonds is 6. The predicted octanol–water partition coefficient (Wildman–Crippen LogP) is 2.84. The van der Waals surface area contributed by atoms with Gasteiger partial charge in [-0.15, -0.1) is 11.3 Å². The Morgan fingerprint density at radius 1 is 1.19 bits per heavy atom. The van der Waals surface area contributed by atoms with E-state index in [1.807, 2.05) is 0 Å². The summed E-state index contributed by atoms with van der Waals surface area (Å²) in [7, 11) is -1.88. The number of aromatic nitrogens is 2. The van der Waals surface area contributed by atoms with E-state index < -0.39 is 10.0 Å². The summed E-state index contributed by atoms with van der Waals surface area (Å²) in [6.45, 7) is 0. The summed E-state index contributed by atoms with van der Waals surface area (Å²) in [6, 6.07) is 10.1. The van der Waals surface area contributed by atoms with Crippen molar-refractivity contribution in [2.24, 2.45) is 0 Å². The molecule has 0 saturated carbocycles. The van der Waals surface area contributed by atoms with Gasteiger partial charge in [-0.1, -0.05) is 12.1 Å². The van der Waals surface area contributed by atoms with Crippen molar-refractivity contribution in [1.82, 2.24) is 9.97 Å². The van der Waals surface area contributed by atoms with Crippen LogP contribution < -0.4 is 14.8 Å². The maximum absolute atomic E-state index is 12.4. The molecule has 3 aromatic rings. The molecule has 0 aliphatic rings. The summed E-state index contributed by atoms with van der Waals surface area (Å²) in [5, 5.41) is 4.95. The van der Waals surface area contributed by atoms with E-state index in [1.165, 1.54) is 18.4 Å². The fourth-order valence-electron chi connectivity index (χ4n) is 2.28. The van der Waals surface area contributed by atoms with Gasteiger partial charge in [0.1, 0.15) is 5.56 Å². The number of hydrogen-bond acceptors (Lipinski definition) is 7. The molecule has 0 atom stereocenters. The van der Waals surface area contributed by atoms with Gasteiger partial charge in [0, 0.05) is 22.8 Å². The number of ether oxygens (including phenoxy) is 1. The van der Waals surface area contributed by atoms with Gasteiger partial charge in [-0.05, 0) is 24.3 Å². The number of pyridine rings is 1. The van der Waals surface area contributed by atoms with Crippen molar-refractivity contribution in [3.05, 3.63) is 53.5 Å². The van der Waals surface area contributed by atoms with Crippen LogP contribution in [0.2, 0.25) is 0 Å². The molecule has 8 nitrogen and oxygen atoms in total. The first-order valence-electron chi connectivity index (χ1n) is 7.70. The average Bonchev–Trinajstić information content (AvgIpc) is 3.09. The van der Waals surface area contributed by atoms with E-state index in [0.29, 0.717) is 22.1 Å². The van der Waals surface area contributed by atoms with Crippen LogP contribution in [0.3, 0.4) is 0 Å². The van der Waals surface area contributed by atoms with Crippen LogP contribution in [0.5, 0.6) is 5.88 Å². The Balaban J connectivity index is 1.74. The van der Waals surface area contributed by atoms with Gasteiger partial charge < -0.3 is 4.74 Å². The molecule has 2 heterocycles. The number of nitrogens with zero attached hydrogens (tertiary/aromatic N) is 2. The van der Waals surface area contributed by atoms with Crippen LogP contribution >= 0.6 is 11.3 Å². The molecule has 1 amide bonds. The first kappa shape index (κ1) is 18.8. The molecule has 2 aromatic heterocycles. The van der Waals surface area contributed by atoms with Crippen LogP contribution in [-0.4, -0.2) is 37.7 Å². The van der Waals surface area contributed by atoms with Crippen molar-refractivity contribution in [3.8, 4) is 17.1 Å². The molecule has 10 heteroatoms. The van der Waals surface area contributed by atoms with E-state index in [0.717, 1.165) is 11.8 Å². The molecule has 3 rings (SSSR count). The standard InChI is InChI=1S/C17H16N4O4S2/c1-25-16-13(4-3-9-18-16)15(22)20-17-19-14(10-26-17)11-5-7-12(8-6-11)21-27(2,23)24/h3-10,21H,1-2H3,(H,19,20,22). The third-order valence-corrected chi connectivity index (χ3v) is 4.78. The predicted molar refractivity (Wildman–Crippen MR) is 105 cm³/mol. The highest BCUT2D eigenvalue weighted by Crippen LogP contribution is 2.27. The summed E-state index contributed by atoms with van der Waals surface area (Å²) in [5.41, 5.74) is 2.24. The molecule has 0 unspecified atom stereocenters. The SMILES string of the molecule is COc1ncccc1C(=O)Nc1nc(-c2ccc(NS(C)(=O)=O)cc2)cs1. The third-order valence-electron chi connectivity index (χ3n) is 3.42. The van der Waals surface area contributed by atoms with E-state index in [1.54, 1.807) is 48.0 Å². The number of carbonyl (C=O) groups excluding carboxylic acids is 1. The van der Waals surface area contributed by atoms with Gasteiger partial charge in [0.05, 0.1) is 19.1 Å². The molecule has 0 aliphatic heterocycles. The monoisotopic (exact) mass is 404 g/mol. The van der Waals surface area contributed by atoms with Crippen LogP contribution in [0.1, 0.15) is 10.4 Å². The minimum atomic E-state index is -3.32. The van der Waals surface area contributed by atoms with Crippen molar-refractivity contribution < 1.29 is 17.9 Å². The third kappa shape index (κ3) is 4.80. The van der Waals surface area contributed by atoms with Gasteiger partial charge in [0.25, 0.3) is 5.91 Å². The van der Waals surface area contributed by atoms with Crippen LogP contribution in [-0.2, 0) is 10.0 Å². The molecular formula is C17H16N4O4S2. The number of carbonyl (C=O) groups is 1. The maximum atomic E-state index is 12.4. The Morgan fingerprint density at radius 3 is 2.59 bits per heavy atom. The fraction of sp³-hybridized carbons (Fsp3) is 0.118. The smallest absolute Gasteiger partial charge is 0.262 e. The summed E-state index contributed by atoms with van der Waals surface area (Å²) in [5.74, 6) is -0.130. The van der Waals surface area contributed by atoms with E-state index in [-0.39, 0.29) is 11.8 Å². The lowest BCUT2D eigenvalue weighted by Gasteiger charge is -2.06. The minimum Gasteiger partial charge on any atom is -0.480 e. The lowest BCUT2D eigenvalue weighted by Crippen LogP contribution is -2.13. The molecule has 0 saturated heterocycles. The largest absolute Gasteiger partial charge is 0.480 e. The highest BCUT2D eigenvalue weighted by molar-refractivity contribution is 7.92. The second-order valence-corrected chi connectivity index (χ2v) is 8.11. The number of nitrogens with one attached hydrogen (secondary N) is 2. The number of sulfonamides is 1. The number of hydrogen-bond donors (Lipinski definition) is 2. The number of anilines is 2. The minimum absolute atomic E-state index is 0.237. The van der Waals surface area contributed by atoms with Gasteiger partial charge in [-0.2, -0.15) is 0 Å². The molecule has 0 bridgehead atoms. The lowest BCUT2D eigenvalue weighted by molar-refractivity contribution is 0.102. The second-order valence-electron chi connectivity index (χ2n) is 5.50. The molecule has 140 valence electrons. The van der Waals surface area contributed by atoms with Crippen molar-refractivity contribution in [3.63, 3.8) is 0 Å². The van der Waals surface area contributed by atoms with Crippen molar-refractivity contribution in [2.45, 2.75) is 0 Å². The van der Waals surface area contributed by atoms with Crippen LogP contribution in [0, 0.1) is 0 Å². The number of thiazole rings is 1. The van der Waals surface area contributed by atoms with Gasteiger partial charge in [0.2, 0.25) is 15.9 Å². The number of methoxy groups -OCH3 is 1. The van der Waals surface area contributed by atoms with E-state index in [2.05, 4.69) is 20.0 Å². The Hall–Kier alpha value is -2.98. The summed E-state index contributed by atoms with van der Waals surface area (Å²) >= 11 is 1.28. The van der Waals surface area contributed by atoms with Gasteiger partial charge in [-0.25, -0.2) is 18.4 Å². The zero-order valence-corrected chi connectivity index (χ0v) is 16.1. The average molecular weight is 404 g/mol. The lowest BCUT2D eigenvalue weighted by atomic mass is 10.1. The molecular weight excluding hydrogens is 388 g/mol. The molecule has 0 fully saturated rings. The normalized spacial score (nSPS) is 11.0. The van der Waals surface area contributed by atoms with Gasteiger partial charge in [0.15, 0.2) is 5.13 Å². The molecule has 27 heavy (non-hydrogen) atoms. The quantitative estimate of drug-likeness (QED) is 0.654. The summed E-state index contributed by atoms with van der Waals surface area (Å²) in [6.07, 6.45) is 2.63. The molecule has 1 aromatic carbocycles. The zero-order chi connectivity index (χ0) is 19.4. The van der Waals surface area contributed by atoms with Gasteiger partial charge >= 0.3 is 0 Å². The Labute approximate surface area is 160 Å². The molecule has 2 N–H and O–H groups in total. The zero-order valence-electron chi connectivity index (χ0n) is 14.5. The van der Waals surface area contributed by atoms with Crippen molar-refractivity contribution in [2.75, 3.05) is 23.4 Å². The van der Waals surface area contributed by atoms with Crippen LogP contribution in [0.4, 0.5) is 10.8 Å². The summed E-state index contributed by atoms with van der Waals surface area (Å²) in [4.78, 5) is 20.8. The van der Waals surface area contributed by atoms with Gasteiger partial charge in [-0.3, -0.25) is 14.8 Å². The number of amides is 1. The van der Waals surface area contributed by atoms with E-state index in [4.69, 9.17) is 4.74 Å². The number of benzene rings is 1. The highest BCUT2D eigenvalue weighted by atomic mass is 32.2. The molecule has 0 aliphatic carbocycles. The Morgan fingerprint density at radius 2 is 1.93 bits per heavy atom. The van der Waals surface area contributed by atoms with Crippen molar-refractivity contribution >= 4 is 38.1 Å². The van der Waals surface area contributed by atoms with E-state index >= 15 is 0 Å². The van der Waals surface area contributed by atoms with Crippen LogP contribution in [0.15, 0.2) is 48.0 Å². The highest BCUT2D eigenvalue weighted by Gasteiger charge is 2.15. The summed E-state index contributed by atoms with van der Waals surface area (Å²) < 4.78 is 30.0. The first-order valence-corrected chi connectivity index (χ1v) is 10.5. The maximum Gasteiger partial charge on any atom is 0.262 e. The fourth-order valence-corrected chi connectivity index (χ4v) is 3.56. The molecule has 0 spiro atoms. The Bertz CT molecular complexity index is 1060. The second kappa shape index (κ2) is 7.72. The van der Waals surface area contributed by atoms with E-state index in [9.17, 15) is 13.2 Å². The van der Waals surface area contributed by atoms with Crippen molar-refractivity contribution in [1.29, 1.82) is 0 Å². The first-order chi connectivity index (χ1) is 12.9. The van der Waals surface area contributed by atoms with Crippen LogP contribution in [0.25, 0.3) is 11.3 Å². The Kier molecular flexibility index (Phi) is 5.38. The molecule has 0 radical (unpaired) electrons. The topological polar surface area (TPSA) is 110 Å².